The molecule has 0 bridgehead atoms. The Morgan fingerprint density at radius 2 is 1.55 bits per heavy atom. The number of aromatic nitrogens is 1. The van der Waals surface area contributed by atoms with Crippen molar-refractivity contribution in [3.63, 3.8) is 0 Å². The Kier molecular flexibility index (Phi) is 5.47. The number of rotatable bonds is 6. The summed E-state index contributed by atoms with van der Waals surface area (Å²) in [5.41, 5.74) is 5.32. The van der Waals surface area contributed by atoms with Gasteiger partial charge in [-0.15, -0.1) is 11.3 Å². The summed E-state index contributed by atoms with van der Waals surface area (Å²) >= 11 is 1.59. The fourth-order valence-electron chi connectivity index (χ4n) is 2.95. The number of hydrogen-bond acceptors (Lipinski definition) is 4. The first kappa shape index (κ1) is 19.4. The molecule has 6 heteroatoms. The second-order valence-electron chi connectivity index (χ2n) is 6.83. The molecule has 0 saturated carbocycles. The highest BCUT2D eigenvalue weighted by Crippen LogP contribution is 2.29. The summed E-state index contributed by atoms with van der Waals surface area (Å²) in [6, 6.07) is 24.8. The first-order chi connectivity index (χ1) is 14.0. The van der Waals surface area contributed by atoms with Crippen LogP contribution in [0, 0.1) is 6.92 Å². The van der Waals surface area contributed by atoms with E-state index in [9.17, 15) is 8.42 Å². The molecule has 0 aliphatic rings. The van der Waals surface area contributed by atoms with Crippen molar-refractivity contribution in [2.75, 3.05) is 4.72 Å². The van der Waals surface area contributed by atoms with Gasteiger partial charge in [0, 0.05) is 22.2 Å². The van der Waals surface area contributed by atoms with E-state index < -0.39 is 10.0 Å². The Hall–Kier alpha value is -2.96. The maximum atomic E-state index is 12.4. The Balaban J connectivity index is 1.46. The average molecular weight is 421 g/mol. The van der Waals surface area contributed by atoms with Crippen LogP contribution in [0.25, 0.3) is 21.8 Å². The van der Waals surface area contributed by atoms with Gasteiger partial charge in [-0.05, 0) is 24.6 Å². The van der Waals surface area contributed by atoms with Gasteiger partial charge in [0.15, 0.2) is 0 Å². The van der Waals surface area contributed by atoms with Crippen molar-refractivity contribution in [1.82, 2.24) is 4.98 Å². The predicted molar refractivity (Wildman–Crippen MR) is 120 cm³/mol. The predicted octanol–water partition coefficient (Wildman–Crippen LogP) is 5.73. The molecule has 146 valence electrons. The lowest BCUT2D eigenvalue weighted by molar-refractivity contribution is 0.600. The number of nitrogens with one attached hydrogen (secondary N) is 1. The molecule has 4 nitrogen and oxygen atoms in total. The van der Waals surface area contributed by atoms with E-state index in [0.29, 0.717) is 5.69 Å². The zero-order valence-electron chi connectivity index (χ0n) is 15.9. The molecule has 3 aromatic carbocycles. The fourth-order valence-corrected chi connectivity index (χ4v) is 4.98. The molecule has 0 amide bonds. The molecular formula is C23H20N2O2S2. The van der Waals surface area contributed by atoms with Crippen molar-refractivity contribution in [1.29, 1.82) is 0 Å². The molecule has 0 unspecified atom stereocenters. The topological polar surface area (TPSA) is 59.1 Å². The summed E-state index contributed by atoms with van der Waals surface area (Å²) < 4.78 is 27.5. The van der Waals surface area contributed by atoms with Crippen LogP contribution >= 0.6 is 11.3 Å². The SMILES string of the molecule is Cc1ccc(CS(=O)(=O)Nc2ccc(-c3csc(-c4ccccc4)n3)cc2)cc1. The quantitative estimate of drug-likeness (QED) is 0.433. The van der Waals surface area contributed by atoms with Gasteiger partial charge in [-0.25, -0.2) is 13.4 Å². The summed E-state index contributed by atoms with van der Waals surface area (Å²) in [5.74, 6) is -0.0540. The minimum Gasteiger partial charge on any atom is -0.283 e. The number of anilines is 1. The lowest BCUT2D eigenvalue weighted by Gasteiger charge is -2.09. The maximum absolute atomic E-state index is 12.4. The number of aryl methyl sites for hydroxylation is 1. The van der Waals surface area contributed by atoms with Crippen LogP contribution in [0.2, 0.25) is 0 Å². The Morgan fingerprint density at radius 3 is 2.24 bits per heavy atom. The van der Waals surface area contributed by atoms with Gasteiger partial charge < -0.3 is 0 Å². The number of sulfonamides is 1. The fraction of sp³-hybridized carbons (Fsp3) is 0.0870. The van der Waals surface area contributed by atoms with E-state index in [1.54, 1.807) is 23.5 Å². The van der Waals surface area contributed by atoms with Crippen LogP contribution in [-0.4, -0.2) is 13.4 Å². The van der Waals surface area contributed by atoms with Crippen LogP contribution in [0.15, 0.2) is 84.2 Å². The number of nitrogens with zero attached hydrogens (tertiary/aromatic N) is 1. The minimum absolute atomic E-state index is 0.0540. The molecule has 4 aromatic rings. The third-order valence-electron chi connectivity index (χ3n) is 4.46. The van der Waals surface area contributed by atoms with Gasteiger partial charge in [0.25, 0.3) is 0 Å². The summed E-state index contributed by atoms with van der Waals surface area (Å²) in [5, 5.41) is 2.97. The second-order valence-corrected chi connectivity index (χ2v) is 9.41. The van der Waals surface area contributed by atoms with Gasteiger partial charge in [0.05, 0.1) is 11.4 Å². The maximum Gasteiger partial charge on any atom is 0.236 e. The lowest BCUT2D eigenvalue weighted by atomic mass is 10.1. The molecular weight excluding hydrogens is 400 g/mol. The van der Waals surface area contributed by atoms with E-state index in [2.05, 4.69) is 4.72 Å². The van der Waals surface area contributed by atoms with Gasteiger partial charge >= 0.3 is 0 Å². The van der Waals surface area contributed by atoms with Crippen LogP contribution in [-0.2, 0) is 15.8 Å². The average Bonchev–Trinajstić information content (AvgIpc) is 3.21. The van der Waals surface area contributed by atoms with Crippen molar-refractivity contribution in [3.8, 4) is 21.8 Å². The lowest BCUT2D eigenvalue weighted by Crippen LogP contribution is -2.15. The smallest absolute Gasteiger partial charge is 0.236 e. The van der Waals surface area contributed by atoms with E-state index in [4.69, 9.17) is 4.98 Å². The van der Waals surface area contributed by atoms with Gasteiger partial charge in [0.2, 0.25) is 10.0 Å². The first-order valence-electron chi connectivity index (χ1n) is 9.16. The molecule has 0 radical (unpaired) electrons. The number of hydrogen-bond donors (Lipinski definition) is 1. The van der Waals surface area contributed by atoms with Crippen LogP contribution in [0.1, 0.15) is 11.1 Å². The zero-order valence-corrected chi connectivity index (χ0v) is 17.5. The molecule has 0 fully saturated rings. The summed E-state index contributed by atoms with van der Waals surface area (Å²) in [7, 11) is -3.47. The minimum atomic E-state index is -3.47. The molecule has 0 spiro atoms. The van der Waals surface area contributed by atoms with Crippen LogP contribution < -0.4 is 4.72 Å². The van der Waals surface area contributed by atoms with Crippen molar-refractivity contribution < 1.29 is 8.42 Å². The van der Waals surface area contributed by atoms with Gasteiger partial charge in [-0.1, -0.05) is 72.3 Å². The van der Waals surface area contributed by atoms with E-state index >= 15 is 0 Å². The Morgan fingerprint density at radius 1 is 0.862 bits per heavy atom. The highest BCUT2D eigenvalue weighted by molar-refractivity contribution is 7.91. The molecule has 4 rings (SSSR count). The molecule has 1 N–H and O–H groups in total. The Bertz CT molecular complexity index is 1200. The highest BCUT2D eigenvalue weighted by Gasteiger charge is 2.12. The first-order valence-corrected chi connectivity index (χ1v) is 11.7. The Labute approximate surface area is 175 Å². The second kappa shape index (κ2) is 8.19. The summed E-state index contributed by atoms with van der Waals surface area (Å²) in [6.45, 7) is 1.98. The molecule has 0 atom stereocenters. The third kappa shape index (κ3) is 4.91. The van der Waals surface area contributed by atoms with E-state index in [-0.39, 0.29) is 5.75 Å². The zero-order chi connectivity index (χ0) is 20.3. The van der Waals surface area contributed by atoms with Crippen molar-refractivity contribution in [2.45, 2.75) is 12.7 Å². The standard InChI is InChI=1S/C23H20N2O2S2/c1-17-7-9-18(10-8-17)16-29(26,27)25-21-13-11-19(12-14-21)22-15-28-23(24-22)20-5-3-2-4-6-20/h2-15,25H,16H2,1H3. The summed E-state index contributed by atoms with van der Waals surface area (Å²) in [4.78, 5) is 4.70. The number of thiazole rings is 1. The molecule has 0 aliphatic carbocycles. The molecule has 1 heterocycles. The van der Waals surface area contributed by atoms with Gasteiger partial charge in [-0.2, -0.15) is 0 Å². The molecule has 0 saturated heterocycles. The highest BCUT2D eigenvalue weighted by atomic mass is 32.2. The van der Waals surface area contributed by atoms with Gasteiger partial charge in [0.1, 0.15) is 5.01 Å². The van der Waals surface area contributed by atoms with E-state index in [1.807, 2.05) is 79.0 Å². The van der Waals surface area contributed by atoms with E-state index in [1.165, 1.54) is 0 Å². The van der Waals surface area contributed by atoms with Crippen LogP contribution in [0.5, 0.6) is 0 Å². The molecule has 1 aromatic heterocycles. The van der Waals surface area contributed by atoms with Gasteiger partial charge in [-0.3, -0.25) is 4.72 Å². The van der Waals surface area contributed by atoms with Crippen molar-refractivity contribution in [3.05, 3.63) is 95.4 Å². The van der Waals surface area contributed by atoms with Crippen molar-refractivity contribution in [2.24, 2.45) is 0 Å². The van der Waals surface area contributed by atoms with E-state index in [0.717, 1.165) is 33.0 Å². The monoisotopic (exact) mass is 420 g/mol. The van der Waals surface area contributed by atoms with Crippen LogP contribution in [0.3, 0.4) is 0 Å². The largest absolute Gasteiger partial charge is 0.283 e. The van der Waals surface area contributed by atoms with Crippen molar-refractivity contribution >= 4 is 27.0 Å². The summed E-state index contributed by atoms with van der Waals surface area (Å²) in [6.07, 6.45) is 0. The molecule has 0 aliphatic heterocycles. The third-order valence-corrected chi connectivity index (χ3v) is 6.61. The van der Waals surface area contributed by atoms with Crippen LogP contribution in [0.4, 0.5) is 5.69 Å². The molecule has 29 heavy (non-hydrogen) atoms. The number of benzene rings is 3. The normalized spacial score (nSPS) is 11.3.